The number of benzene rings is 1. The SMILES string of the molecule is CN[C@]1(c2cc[c]cc2Cl)CCCCC1=O. The molecule has 0 saturated heterocycles. The fourth-order valence-corrected chi connectivity index (χ4v) is 2.76. The Bertz CT molecular complexity index is 405. The maximum atomic E-state index is 12.2. The van der Waals surface area contributed by atoms with Gasteiger partial charge in [0.25, 0.3) is 0 Å². The molecule has 0 aliphatic heterocycles. The third kappa shape index (κ3) is 1.76. The fourth-order valence-electron chi connectivity index (χ4n) is 2.47. The van der Waals surface area contributed by atoms with Crippen LogP contribution >= 0.6 is 11.6 Å². The Balaban J connectivity index is 2.48. The molecule has 1 aromatic rings. The Morgan fingerprint density at radius 1 is 1.50 bits per heavy atom. The second kappa shape index (κ2) is 4.56. The van der Waals surface area contributed by atoms with E-state index in [1.165, 1.54) is 0 Å². The number of ketones is 1. The van der Waals surface area contributed by atoms with Crippen LogP contribution in [0.3, 0.4) is 0 Å². The van der Waals surface area contributed by atoms with E-state index < -0.39 is 5.54 Å². The number of carbonyl (C=O) groups is 1. The van der Waals surface area contributed by atoms with E-state index in [1.54, 1.807) is 6.07 Å². The second-order valence-electron chi connectivity index (χ2n) is 4.19. The minimum absolute atomic E-state index is 0.245. The smallest absolute Gasteiger partial charge is 0.157 e. The number of nitrogens with one attached hydrogen (secondary N) is 1. The Morgan fingerprint density at radius 3 is 2.94 bits per heavy atom. The summed E-state index contributed by atoms with van der Waals surface area (Å²) < 4.78 is 0. The summed E-state index contributed by atoms with van der Waals surface area (Å²) in [5, 5.41) is 3.79. The third-order valence-electron chi connectivity index (χ3n) is 3.38. The highest BCUT2D eigenvalue weighted by atomic mass is 35.5. The van der Waals surface area contributed by atoms with E-state index in [-0.39, 0.29) is 5.78 Å². The molecule has 1 aromatic carbocycles. The molecule has 1 fully saturated rings. The zero-order valence-electron chi connectivity index (χ0n) is 9.35. The standard InChI is InChI=1S/C13H15ClNO/c1-15-13(9-5-4-8-12(13)16)10-6-2-3-7-11(10)14/h2,6-7,15H,4-5,8-9H2,1H3/t13-/m0/s1. The van der Waals surface area contributed by atoms with E-state index in [0.717, 1.165) is 24.8 Å². The van der Waals surface area contributed by atoms with Gasteiger partial charge in [-0.05, 0) is 37.6 Å². The summed E-state index contributed by atoms with van der Waals surface area (Å²) in [6.45, 7) is 0. The molecular formula is C13H15ClNO. The predicted molar refractivity (Wildman–Crippen MR) is 64.5 cm³/mol. The van der Waals surface area contributed by atoms with Gasteiger partial charge < -0.3 is 5.32 Å². The van der Waals surface area contributed by atoms with Crippen molar-refractivity contribution in [2.45, 2.75) is 31.2 Å². The zero-order valence-corrected chi connectivity index (χ0v) is 10.1. The van der Waals surface area contributed by atoms with Gasteiger partial charge in [0.15, 0.2) is 5.78 Å². The molecular weight excluding hydrogens is 222 g/mol. The van der Waals surface area contributed by atoms with Crippen molar-refractivity contribution in [1.29, 1.82) is 0 Å². The maximum absolute atomic E-state index is 12.2. The highest BCUT2D eigenvalue weighted by Gasteiger charge is 2.41. The molecule has 16 heavy (non-hydrogen) atoms. The van der Waals surface area contributed by atoms with Gasteiger partial charge in [-0.25, -0.2) is 0 Å². The van der Waals surface area contributed by atoms with Crippen molar-refractivity contribution in [2.24, 2.45) is 0 Å². The van der Waals surface area contributed by atoms with Crippen LogP contribution in [0, 0.1) is 6.07 Å². The Labute approximate surface area is 101 Å². The van der Waals surface area contributed by atoms with E-state index in [2.05, 4.69) is 11.4 Å². The van der Waals surface area contributed by atoms with Crippen LogP contribution in [0.2, 0.25) is 5.02 Å². The van der Waals surface area contributed by atoms with Crippen molar-refractivity contribution >= 4 is 17.4 Å². The highest BCUT2D eigenvalue weighted by Crippen LogP contribution is 2.37. The molecule has 0 amide bonds. The minimum atomic E-state index is -0.579. The first-order valence-electron chi connectivity index (χ1n) is 5.59. The Hall–Kier alpha value is -0.860. The van der Waals surface area contributed by atoms with Gasteiger partial charge in [-0.1, -0.05) is 30.2 Å². The van der Waals surface area contributed by atoms with E-state index in [0.29, 0.717) is 11.4 Å². The quantitative estimate of drug-likeness (QED) is 0.856. The van der Waals surface area contributed by atoms with E-state index in [1.807, 2.05) is 19.2 Å². The summed E-state index contributed by atoms with van der Waals surface area (Å²) in [4.78, 5) is 12.2. The van der Waals surface area contributed by atoms with E-state index in [4.69, 9.17) is 11.6 Å². The number of halogens is 1. The Morgan fingerprint density at radius 2 is 2.31 bits per heavy atom. The minimum Gasteiger partial charge on any atom is -0.304 e. The van der Waals surface area contributed by atoms with Crippen LogP contribution in [0.15, 0.2) is 18.2 Å². The van der Waals surface area contributed by atoms with Crippen molar-refractivity contribution in [2.75, 3.05) is 7.05 Å². The van der Waals surface area contributed by atoms with Gasteiger partial charge >= 0.3 is 0 Å². The summed E-state index contributed by atoms with van der Waals surface area (Å²) in [7, 11) is 1.83. The maximum Gasteiger partial charge on any atom is 0.157 e. The van der Waals surface area contributed by atoms with Crippen LogP contribution in [0.1, 0.15) is 31.2 Å². The van der Waals surface area contributed by atoms with Crippen molar-refractivity contribution in [3.63, 3.8) is 0 Å². The molecule has 2 rings (SSSR count). The average Bonchev–Trinajstić information content (AvgIpc) is 2.31. The molecule has 0 unspecified atom stereocenters. The molecule has 1 radical (unpaired) electrons. The number of rotatable bonds is 2. The normalized spacial score (nSPS) is 25.8. The lowest BCUT2D eigenvalue weighted by molar-refractivity contribution is -0.127. The monoisotopic (exact) mass is 236 g/mol. The predicted octanol–water partition coefficient (Wildman–Crippen LogP) is 2.70. The van der Waals surface area contributed by atoms with Gasteiger partial charge in [-0.2, -0.15) is 0 Å². The molecule has 85 valence electrons. The summed E-state index contributed by atoms with van der Waals surface area (Å²) in [5.74, 6) is 0.245. The van der Waals surface area contributed by atoms with Gasteiger partial charge in [-0.3, -0.25) is 4.79 Å². The van der Waals surface area contributed by atoms with Crippen LogP contribution in [0.4, 0.5) is 0 Å². The number of Topliss-reactive ketones (excluding diaryl/α,β-unsaturated/α-hetero) is 1. The van der Waals surface area contributed by atoms with Gasteiger partial charge in [0.05, 0.1) is 0 Å². The number of hydrogen-bond acceptors (Lipinski definition) is 2. The van der Waals surface area contributed by atoms with Crippen LogP contribution in [0.5, 0.6) is 0 Å². The molecule has 1 saturated carbocycles. The van der Waals surface area contributed by atoms with Crippen LogP contribution in [-0.2, 0) is 10.3 Å². The molecule has 0 aromatic heterocycles. The molecule has 0 spiro atoms. The molecule has 3 heteroatoms. The Kier molecular flexibility index (Phi) is 3.31. The topological polar surface area (TPSA) is 29.1 Å². The first kappa shape index (κ1) is 11.6. The molecule has 1 N–H and O–H groups in total. The average molecular weight is 237 g/mol. The summed E-state index contributed by atoms with van der Waals surface area (Å²) in [6, 6.07) is 8.34. The largest absolute Gasteiger partial charge is 0.304 e. The summed E-state index contributed by atoms with van der Waals surface area (Å²) in [6.07, 6.45) is 3.50. The number of hydrogen-bond donors (Lipinski definition) is 1. The number of carbonyl (C=O) groups excluding carboxylic acids is 1. The lowest BCUT2D eigenvalue weighted by Crippen LogP contribution is -2.49. The molecule has 0 bridgehead atoms. The molecule has 1 aliphatic rings. The fraction of sp³-hybridized carbons (Fsp3) is 0.462. The van der Waals surface area contributed by atoms with Crippen LogP contribution in [-0.4, -0.2) is 12.8 Å². The van der Waals surface area contributed by atoms with Crippen LogP contribution < -0.4 is 5.32 Å². The molecule has 1 aliphatic carbocycles. The van der Waals surface area contributed by atoms with Gasteiger partial charge in [0, 0.05) is 11.4 Å². The van der Waals surface area contributed by atoms with Crippen LogP contribution in [0.25, 0.3) is 0 Å². The molecule has 1 atom stereocenters. The highest BCUT2D eigenvalue weighted by molar-refractivity contribution is 6.31. The lowest BCUT2D eigenvalue weighted by atomic mass is 9.75. The van der Waals surface area contributed by atoms with Gasteiger partial charge in [0.1, 0.15) is 5.54 Å². The summed E-state index contributed by atoms with van der Waals surface area (Å²) in [5.41, 5.74) is 0.310. The van der Waals surface area contributed by atoms with E-state index in [9.17, 15) is 4.79 Å². The summed E-state index contributed by atoms with van der Waals surface area (Å²) >= 11 is 6.17. The third-order valence-corrected chi connectivity index (χ3v) is 3.69. The van der Waals surface area contributed by atoms with Crippen molar-refractivity contribution < 1.29 is 4.79 Å². The molecule has 2 nitrogen and oxygen atoms in total. The molecule has 0 heterocycles. The van der Waals surface area contributed by atoms with Crippen molar-refractivity contribution in [3.05, 3.63) is 34.9 Å². The first-order chi connectivity index (χ1) is 7.70. The van der Waals surface area contributed by atoms with Crippen molar-refractivity contribution in [3.8, 4) is 0 Å². The first-order valence-corrected chi connectivity index (χ1v) is 5.97. The van der Waals surface area contributed by atoms with Crippen molar-refractivity contribution in [1.82, 2.24) is 5.32 Å². The van der Waals surface area contributed by atoms with Gasteiger partial charge in [-0.15, -0.1) is 0 Å². The zero-order chi connectivity index (χ0) is 11.6. The lowest BCUT2D eigenvalue weighted by Gasteiger charge is -2.36. The second-order valence-corrected chi connectivity index (χ2v) is 4.60. The number of likely N-dealkylation sites (N-methyl/N-ethyl adjacent to an activating group) is 1. The van der Waals surface area contributed by atoms with Gasteiger partial charge in [0.2, 0.25) is 0 Å². The van der Waals surface area contributed by atoms with E-state index >= 15 is 0 Å².